The normalized spacial score (nSPS) is 16.4. The molecule has 2 aliphatic heterocycles. The maximum atomic E-state index is 13.2. The minimum atomic E-state index is -3.64. The van der Waals surface area contributed by atoms with E-state index in [9.17, 15) is 8.42 Å². The molecule has 2 aromatic carbocycles. The lowest BCUT2D eigenvalue weighted by molar-refractivity contribution is 0.171. The van der Waals surface area contributed by atoms with Gasteiger partial charge < -0.3 is 19.7 Å². The molecule has 0 radical (unpaired) electrons. The second kappa shape index (κ2) is 9.11. The first-order valence-electron chi connectivity index (χ1n) is 11.2. The predicted molar refractivity (Wildman–Crippen MR) is 130 cm³/mol. The number of rotatable bonds is 5. The van der Waals surface area contributed by atoms with Crippen molar-refractivity contribution < 1.29 is 17.9 Å². The average molecular weight is 482 g/mol. The highest BCUT2D eigenvalue weighted by atomic mass is 32.2. The van der Waals surface area contributed by atoms with E-state index in [0.29, 0.717) is 56.8 Å². The Morgan fingerprint density at radius 3 is 2.29 bits per heavy atom. The molecule has 0 aliphatic carbocycles. The molecule has 1 fully saturated rings. The zero-order chi connectivity index (χ0) is 23.7. The van der Waals surface area contributed by atoms with Crippen LogP contribution < -0.4 is 19.7 Å². The molecule has 2 aliphatic rings. The molecular weight excluding hydrogens is 454 g/mol. The van der Waals surface area contributed by atoms with Gasteiger partial charge in [0, 0.05) is 49.7 Å². The number of nitrogens with zero attached hydrogens (tertiary/aromatic N) is 4. The molecule has 9 nitrogen and oxygen atoms in total. The maximum absolute atomic E-state index is 13.2. The molecule has 3 heterocycles. The van der Waals surface area contributed by atoms with Gasteiger partial charge in [0.25, 0.3) is 0 Å². The van der Waals surface area contributed by atoms with E-state index in [0.717, 1.165) is 17.2 Å². The summed E-state index contributed by atoms with van der Waals surface area (Å²) < 4.78 is 39.0. The predicted octanol–water partition coefficient (Wildman–Crippen LogP) is 3.12. The largest absolute Gasteiger partial charge is 0.486 e. The molecule has 0 bridgehead atoms. The van der Waals surface area contributed by atoms with Gasteiger partial charge in [-0.2, -0.15) is 9.29 Å². The lowest BCUT2D eigenvalue weighted by atomic mass is 10.2. The Morgan fingerprint density at radius 2 is 1.56 bits per heavy atom. The SMILES string of the molecule is Cc1ccc(Nc2nc(C)cc(N3CCN(S(=O)(=O)c4ccc5c(c4)OCCO5)CC3)n2)cc1. The number of nitrogens with one attached hydrogen (secondary N) is 1. The highest BCUT2D eigenvalue weighted by Gasteiger charge is 2.30. The Balaban J connectivity index is 1.28. The van der Waals surface area contributed by atoms with E-state index in [1.807, 2.05) is 44.2 Å². The monoisotopic (exact) mass is 481 g/mol. The molecule has 1 saturated heterocycles. The summed E-state index contributed by atoms with van der Waals surface area (Å²) in [5.41, 5.74) is 2.93. The fraction of sp³-hybridized carbons (Fsp3) is 0.333. The Hall–Kier alpha value is -3.37. The molecule has 10 heteroatoms. The third kappa shape index (κ3) is 4.64. The van der Waals surface area contributed by atoms with Crippen molar-refractivity contribution in [2.75, 3.05) is 49.6 Å². The highest BCUT2D eigenvalue weighted by molar-refractivity contribution is 7.89. The number of sulfonamides is 1. The zero-order valence-corrected chi connectivity index (χ0v) is 20.0. The minimum absolute atomic E-state index is 0.215. The third-order valence-corrected chi connectivity index (χ3v) is 7.76. The Labute approximate surface area is 199 Å². The number of ether oxygens (including phenoxy) is 2. The van der Waals surface area contributed by atoms with Crippen LogP contribution in [0.5, 0.6) is 11.5 Å². The van der Waals surface area contributed by atoms with E-state index in [2.05, 4.69) is 20.2 Å². The van der Waals surface area contributed by atoms with Crippen molar-refractivity contribution in [2.45, 2.75) is 18.7 Å². The fourth-order valence-corrected chi connectivity index (χ4v) is 5.46. The van der Waals surface area contributed by atoms with Gasteiger partial charge in [-0.25, -0.2) is 13.4 Å². The summed E-state index contributed by atoms with van der Waals surface area (Å²) in [6.07, 6.45) is 0. The summed E-state index contributed by atoms with van der Waals surface area (Å²) in [6, 6.07) is 14.7. The summed E-state index contributed by atoms with van der Waals surface area (Å²) in [5.74, 6) is 2.34. The third-order valence-electron chi connectivity index (χ3n) is 5.86. The van der Waals surface area contributed by atoms with Gasteiger partial charge in [0.2, 0.25) is 16.0 Å². The molecule has 1 N–H and O–H groups in total. The number of anilines is 3. The number of hydrogen-bond acceptors (Lipinski definition) is 8. The highest BCUT2D eigenvalue weighted by Crippen LogP contribution is 2.33. The van der Waals surface area contributed by atoms with Crippen LogP contribution in [0.4, 0.5) is 17.5 Å². The number of aryl methyl sites for hydroxylation is 2. The summed E-state index contributed by atoms with van der Waals surface area (Å²) >= 11 is 0. The smallest absolute Gasteiger partial charge is 0.243 e. The van der Waals surface area contributed by atoms with Crippen LogP contribution in [0.3, 0.4) is 0 Å². The summed E-state index contributed by atoms with van der Waals surface area (Å²) in [4.78, 5) is 11.5. The second-order valence-electron chi connectivity index (χ2n) is 8.38. The summed E-state index contributed by atoms with van der Waals surface area (Å²) in [7, 11) is -3.64. The van der Waals surface area contributed by atoms with Gasteiger partial charge in [-0.05, 0) is 38.1 Å². The lowest BCUT2D eigenvalue weighted by Crippen LogP contribution is -2.49. The molecule has 0 saturated carbocycles. The van der Waals surface area contributed by atoms with E-state index in [1.165, 1.54) is 9.87 Å². The van der Waals surface area contributed by atoms with E-state index >= 15 is 0 Å². The molecular formula is C24H27N5O4S. The van der Waals surface area contributed by atoms with Crippen molar-refractivity contribution in [3.63, 3.8) is 0 Å². The maximum Gasteiger partial charge on any atom is 0.243 e. The molecule has 0 atom stereocenters. The van der Waals surface area contributed by atoms with Crippen LogP contribution in [0.15, 0.2) is 53.4 Å². The molecule has 5 rings (SSSR count). The van der Waals surface area contributed by atoms with Crippen LogP contribution in [0.25, 0.3) is 0 Å². The van der Waals surface area contributed by atoms with Crippen LogP contribution in [-0.4, -0.2) is 62.1 Å². The molecule has 34 heavy (non-hydrogen) atoms. The van der Waals surface area contributed by atoms with Crippen molar-refractivity contribution in [3.8, 4) is 11.5 Å². The quantitative estimate of drug-likeness (QED) is 0.594. The number of aromatic nitrogens is 2. The lowest BCUT2D eigenvalue weighted by Gasteiger charge is -2.35. The zero-order valence-electron chi connectivity index (χ0n) is 19.2. The van der Waals surface area contributed by atoms with Gasteiger partial charge in [-0.3, -0.25) is 0 Å². The Kier molecular flexibility index (Phi) is 6.01. The van der Waals surface area contributed by atoms with Crippen molar-refractivity contribution >= 4 is 27.5 Å². The topological polar surface area (TPSA) is 96.9 Å². The van der Waals surface area contributed by atoms with Gasteiger partial charge in [-0.1, -0.05) is 17.7 Å². The first kappa shape index (κ1) is 22.4. The molecule has 1 aromatic heterocycles. The molecule has 0 amide bonds. The van der Waals surface area contributed by atoms with E-state index in [-0.39, 0.29) is 4.90 Å². The standard InChI is InChI=1S/C24H27N5O4S/c1-17-3-5-19(6-4-17)26-24-25-18(2)15-23(27-24)28-9-11-29(12-10-28)34(30,31)20-7-8-21-22(16-20)33-14-13-32-21/h3-8,15-16H,9-14H2,1-2H3,(H,25,26,27). The van der Waals surface area contributed by atoms with Crippen LogP contribution in [-0.2, 0) is 10.0 Å². The summed E-state index contributed by atoms with van der Waals surface area (Å²) in [5, 5.41) is 3.25. The number of piperazine rings is 1. The molecule has 178 valence electrons. The first-order valence-corrected chi connectivity index (χ1v) is 12.7. The van der Waals surface area contributed by atoms with Crippen molar-refractivity contribution in [2.24, 2.45) is 0 Å². The minimum Gasteiger partial charge on any atom is -0.486 e. The van der Waals surface area contributed by atoms with Gasteiger partial charge >= 0.3 is 0 Å². The van der Waals surface area contributed by atoms with Crippen LogP contribution in [0.1, 0.15) is 11.3 Å². The van der Waals surface area contributed by atoms with E-state index < -0.39 is 10.0 Å². The van der Waals surface area contributed by atoms with Crippen molar-refractivity contribution in [3.05, 3.63) is 59.8 Å². The average Bonchev–Trinajstić information content (AvgIpc) is 2.85. The number of benzene rings is 2. The van der Waals surface area contributed by atoms with Crippen LogP contribution in [0.2, 0.25) is 0 Å². The summed E-state index contributed by atoms with van der Waals surface area (Å²) in [6.45, 7) is 6.63. The Bertz CT molecular complexity index is 1290. The van der Waals surface area contributed by atoms with Gasteiger partial charge in [-0.15, -0.1) is 0 Å². The van der Waals surface area contributed by atoms with E-state index in [4.69, 9.17) is 9.47 Å². The van der Waals surface area contributed by atoms with Crippen LogP contribution in [0, 0.1) is 13.8 Å². The molecule has 0 unspecified atom stereocenters. The van der Waals surface area contributed by atoms with Gasteiger partial charge in [0.1, 0.15) is 19.0 Å². The van der Waals surface area contributed by atoms with Gasteiger partial charge in [0.05, 0.1) is 4.90 Å². The number of hydrogen-bond donors (Lipinski definition) is 1. The second-order valence-corrected chi connectivity index (χ2v) is 10.3. The fourth-order valence-electron chi connectivity index (χ4n) is 4.03. The molecule has 3 aromatic rings. The van der Waals surface area contributed by atoms with E-state index in [1.54, 1.807) is 18.2 Å². The Morgan fingerprint density at radius 1 is 0.853 bits per heavy atom. The molecule has 0 spiro atoms. The number of fused-ring (bicyclic) bond motifs is 1. The van der Waals surface area contributed by atoms with Gasteiger partial charge in [0.15, 0.2) is 11.5 Å². The van der Waals surface area contributed by atoms with Crippen molar-refractivity contribution in [1.82, 2.24) is 14.3 Å². The first-order chi connectivity index (χ1) is 16.4. The van der Waals surface area contributed by atoms with Crippen molar-refractivity contribution in [1.29, 1.82) is 0 Å². The van der Waals surface area contributed by atoms with Crippen LogP contribution >= 0.6 is 0 Å².